The van der Waals surface area contributed by atoms with Crippen molar-refractivity contribution in [1.29, 1.82) is 0 Å². The molecular formula is C74H58F2N6O8. The number of imidazole rings is 2. The number of rotatable bonds is 18. The van der Waals surface area contributed by atoms with Crippen LogP contribution in [0.15, 0.2) is 243 Å². The molecule has 1 N–H and O–H groups in total. The van der Waals surface area contributed by atoms with Crippen LogP contribution in [0.25, 0.3) is 22.1 Å². The van der Waals surface area contributed by atoms with Crippen LogP contribution in [0, 0.1) is 11.6 Å². The topological polar surface area (TPSA) is 150 Å². The number of fused-ring (bicyclic) bond motifs is 4. The Bertz CT molecular complexity index is 4480. The summed E-state index contributed by atoms with van der Waals surface area (Å²) in [6, 6.07) is 70.3. The van der Waals surface area contributed by atoms with Crippen LogP contribution in [0.5, 0.6) is 23.0 Å². The average Bonchev–Trinajstić information content (AvgIpc) is 1.55. The summed E-state index contributed by atoms with van der Waals surface area (Å²) in [5.41, 5.74) is 9.55. The highest BCUT2D eigenvalue weighted by Gasteiger charge is 2.46. The number of halogens is 2. The van der Waals surface area contributed by atoms with Crippen LogP contribution in [-0.4, -0.2) is 65.9 Å². The van der Waals surface area contributed by atoms with E-state index in [0.717, 1.165) is 38.3 Å². The first-order valence-electron chi connectivity index (χ1n) is 29.2. The Hall–Kier alpha value is -11.2. The van der Waals surface area contributed by atoms with E-state index in [1.165, 1.54) is 43.4 Å². The minimum atomic E-state index is -1.34. The van der Waals surface area contributed by atoms with Crippen molar-refractivity contribution in [3.63, 3.8) is 0 Å². The first-order valence-corrected chi connectivity index (χ1v) is 29.2. The molecule has 2 aromatic heterocycles. The number of ether oxygens (including phenoxy) is 4. The zero-order valence-electron chi connectivity index (χ0n) is 48.9. The molecule has 0 fully saturated rings. The van der Waals surface area contributed by atoms with E-state index in [-0.39, 0.29) is 52.8 Å². The summed E-state index contributed by atoms with van der Waals surface area (Å²) in [7, 11) is 3.00. The van der Waals surface area contributed by atoms with Gasteiger partial charge in [-0.3, -0.25) is 19.3 Å². The van der Waals surface area contributed by atoms with Crippen molar-refractivity contribution in [2.45, 2.75) is 44.6 Å². The Morgan fingerprint density at radius 3 is 1.16 bits per heavy atom. The summed E-state index contributed by atoms with van der Waals surface area (Å²) in [4.78, 5) is 54.7. The van der Waals surface area contributed by atoms with E-state index >= 15 is 0 Å². The third-order valence-corrected chi connectivity index (χ3v) is 16.1. The molecule has 2 aliphatic rings. The van der Waals surface area contributed by atoms with E-state index in [0.29, 0.717) is 57.6 Å². The number of aromatic nitrogens is 4. The standard InChI is InChI=1S/C37H30FN3O4.C37H28FN3O4/c2*1-44-35-30-29(36(42)41(37(30)43)22-25-17-19-28(38)20-18-25)34(31-32(35)40(23-39-31)21-24-11-5-2-6-12-24)45-33(26-13-7-3-8-14-26)27-15-9-4-10-16-27/h2-20,23,33,37,43H,21-22H2,1H3;2-20,23,33H,21-22H2,1H3. The van der Waals surface area contributed by atoms with Gasteiger partial charge in [-0.25, -0.2) is 18.7 Å². The van der Waals surface area contributed by atoms with Gasteiger partial charge in [-0.05, 0) is 68.8 Å². The maximum atomic E-state index is 14.3. The van der Waals surface area contributed by atoms with Gasteiger partial charge >= 0.3 is 0 Å². The van der Waals surface area contributed by atoms with Gasteiger partial charge < -0.3 is 38.1 Å². The van der Waals surface area contributed by atoms with Gasteiger partial charge in [0.15, 0.2) is 29.2 Å². The smallest absolute Gasteiger partial charge is 0.265 e. The van der Waals surface area contributed by atoms with E-state index in [9.17, 15) is 28.3 Å². The maximum Gasteiger partial charge on any atom is 0.265 e. The van der Waals surface area contributed by atoms with Crippen molar-refractivity contribution in [2.24, 2.45) is 0 Å². The van der Waals surface area contributed by atoms with Crippen molar-refractivity contribution in [3.8, 4) is 23.0 Å². The lowest BCUT2D eigenvalue weighted by Gasteiger charge is -2.23. The van der Waals surface area contributed by atoms with Gasteiger partial charge in [-0.15, -0.1) is 0 Å². The number of carbonyl (C=O) groups is 3. The second kappa shape index (κ2) is 25.2. The molecule has 0 saturated carbocycles. The normalized spacial score (nSPS) is 13.5. The Morgan fingerprint density at radius 1 is 0.411 bits per heavy atom. The van der Waals surface area contributed by atoms with E-state index in [1.807, 2.05) is 191 Å². The number of hydrogen-bond acceptors (Lipinski definition) is 10. The number of aliphatic hydroxyl groups excluding tert-OH is 1. The van der Waals surface area contributed by atoms with Crippen LogP contribution in [0.2, 0.25) is 0 Å². The lowest BCUT2D eigenvalue weighted by atomic mass is 10.00. The zero-order chi connectivity index (χ0) is 61.8. The van der Waals surface area contributed by atoms with E-state index in [2.05, 4.69) is 0 Å². The van der Waals surface area contributed by atoms with Crippen molar-refractivity contribution in [1.82, 2.24) is 28.9 Å². The van der Waals surface area contributed by atoms with E-state index in [4.69, 9.17) is 28.9 Å². The molecule has 12 aromatic rings. The van der Waals surface area contributed by atoms with Gasteiger partial charge in [0.1, 0.15) is 57.0 Å². The minimum absolute atomic E-state index is 0.0440. The Morgan fingerprint density at radius 2 is 0.756 bits per heavy atom. The molecule has 0 spiro atoms. The largest absolute Gasteiger partial charge is 0.494 e. The minimum Gasteiger partial charge on any atom is -0.494 e. The summed E-state index contributed by atoms with van der Waals surface area (Å²) >= 11 is 0. The average molecular weight is 1200 g/mol. The number of amides is 3. The van der Waals surface area contributed by atoms with Crippen molar-refractivity contribution < 1.29 is 47.2 Å². The Balaban J connectivity index is 0.000000165. The van der Waals surface area contributed by atoms with E-state index in [1.54, 1.807) is 36.9 Å². The molecule has 0 aliphatic carbocycles. The predicted molar refractivity (Wildman–Crippen MR) is 336 cm³/mol. The number of benzene rings is 10. The molecule has 14 rings (SSSR count). The van der Waals surface area contributed by atoms with Crippen LogP contribution in [0.4, 0.5) is 8.78 Å². The zero-order valence-corrected chi connectivity index (χ0v) is 48.9. The maximum absolute atomic E-state index is 14.3. The number of imide groups is 1. The highest BCUT2D eigenvalue weighted by Crippen LogP contribution is 2.51. The van der Waals surface area contributed by atoms with Crippen LogP contribution in [0.1, 0.15) is 99.6 Å². The lowest BCUT2D eigenvalue weighted by molar-refractivity contribution is 0.0128. The van der Waals surface area contributed by atoms with Gasteiger partial charge in [0, 0.05) is 19.6 Å². The molecule has 1 unspecified atom stereocenters. The molecule has 90 heavy (non-hydrogen) atoms. The van der Waals surface area contributed by atoms with Crippen LogP contribution >= 0.6 is 0 Å². The molecule has 4 heterocycles. The number of methoxy groups -OCH3 is 2. The SMILES string of the molecule is COc1c2c(c(OC(c3ccccc3)c3ccccc3)c3ncn(Cc4ccccc4)c13)C(=O)N(Cc1ccc(F)cc1)C2=O.COc1c2c(c(OC(c3ccccc3)c3ccccc3)c3ncn(Cc4ccccc4)c13)C(=O)N(Cc1ccc(F)cc1)C2O. The number of nitrogens with zero attached hydrogens (tertiary/aromatic N) is 6. The molecule has 0 saturated heterocycles. The molecule has 2 aliphatic heterocycles. The summed E-state index contributed by atoms with van der Waals surface area (Å²) in [6.07, 6.45) is 0.846. The first kappa shape index (κ1) is 57.8. The molecular weight excluding hydrogens is 1140 g/mol. The number of aliphatic hydroxyl groups is 1. The fraction of sp³-hybridized carbons (Fsp3) is 0.122. The van der Waals surface area contributed by atoms with Crippen LogP contribution in [0.3, 0.4) is 0 Å². The quantitative estimate of drug-likeness (QED) is 0.0822. The van der Waals surface area contributed by atoms with Crippen LogP contribution < -0.4 is 18.9 Å². The second-order valence-corrected chi connectivity index (χ2v) is 21.8. The first-order chi connectivity index (χ1) is 44.1. The fourth-order valence-corrected chi connectivity index (χ4v) is 11.9. The molecule has 446 valence electrons. The van der Waals surface area contributed by atoms with Gasteiger partial charge in [-0.2, -0.15) is 0 Å². The molecule has 3 amide bonds. The summed E-state index contributed by atoms with van der Waals surface area (Å²) in [5.74, 6) is -1.22. The van der Waals surface area contributed by atoms with Crippen molar-refractivity contribution in [2.75, 3.05) is 14.2 Å². The summed E-state index contributed by atoms with van der Waals surface area (Å²) in [6.45, 7) is 0.946. The molecule has 0 radical (unpaired) electrons. The predicted octanol–water partition coefficient (Wildman–Crippen LogP) is 14.2. The second-order valence-electron chi connectivity index (χ2n) is 21.8. The van der Waals surface area contributed by atoms with E-state index < -0.39 is 42.0 Å². The highest BCUT2D eigenvalue weighted by molar-refractivity contribution is 6.26. The van der Waals surface area contributed by atoms with Crippen molar-refractivity contribution in [3.05, 3.63) is 322 Å². The lowest BCUT2D eigenvalue weighted by Crippen LogP contribution is -2.29. The Kier molecular flexibility index (Phi) is 16.2. The number of carbonyl (C=O) groups excluding carboxylic acids is 3. The Labute approximate surface area is 517 Å². The number of hydrogen-bond donors (Lipinski definition) is 1. The van der Waals surface area contributed by atoms with Crippen LogP contribution in [-0.2, 0) is 26.2 Å². The van der Waals surface area contributed by atoms with Gasteiger partial charge in [0.05, 0.1) is 44.5 Å². The highest BCUT2D eigenvalue weighted by atomic mass is 19.1. The van der Waals surface area contributed by atoms with Gasteiger partial charge in [0.25, 0.3) is 17.7 Å². The molecule has 14 nitrogen and oxygen atoms in total. The molecule has 10 aromatic carbocycles. The fourth-order valence-electron chi connectivity index (χ4n) is 11.9. The van der Waals surface area contributed by atoms with Gasteiger partial charge in [0.2, 0.25) is 0 Å². The third kappa shape index (κ3) is 11.2. The summed E-state index contributed by atoms with van der Waals surface area (Å²) in [5, 5.41) is 11.8. The van der Waals surface area contributed by atoms with Gasteiger partial charge in [-0.1, -0.05) is 206 Å². The molecule has 0 bridgehead atoms. The molecule has 16 heteroatoms. The third-order valence-electron chi connectivity index (χ3n) is 16.1. The summed E-state index contributed by atoms with van der Waals surface area (Å²) < 4.78 is 56.8. The van der Waals surface area contributed by atoms with Crippen molar-refractivity contribution >= 4 is 39.8 Å². The molecule has 1 atom stereocenters. The monoisotopic (exact) mass is 1200 g/mol.